The molecule has 3 aromatic rings. The van der Waals surface area contributed by atoms with E-state index in [9.17, 15) is 9.59 Å². The molecule has 1 aromatic carbocycles. The lowest BCUT2D eigenvalue weighted by molar-refractivity contribution is -0.120. The molecule has 134 valence electrons. The molecule has 26 heavy (non-hydrogen) atoms. The number of carbonyl (C=O) groups excluding carboxylic acids is 2. The van der Waals surface area contributed by atoms with Crippen molar-refractivity contribution in [3.8, 4) is 0 Å². The monoisotopic (exact) mass is 387 g/mol. The second-order valence-electron chi connectivity index (χ2n) is 5.94. The number of thiazole rings is 1. The molecule has 3 heterocycles. The number of hydrogen-bond donors (Lipinski definition) is 1. The molecule has 1 aliphatic heterocycles. The first-order valence-electron chi connectivity index (χ1n) is 8.31. The van der Waals surface area contributed by atoms with E-state index < -0.39 is 5.97 Å². The first-order valence-corrected chi connectivity index (χ1v) is 10.0. The van der Waals surface area contributed by atoms with Crippen LogP contribution in [-0.2, 0) is 9.53 Å². The maximum atomic E-state index is 12.5. The van der Waals surface area contributed by atoms with Gasteiger partial charge in [-0.2, -0.15) is 0 Å². The molecule has 0 unspecified atom stereocenters. The number of esters is 1. The van der Waals surface area contributed by atoms with E-state index >= 15 is 0 Å². The zero-order valence-electron chi connectivity index (χ0n) is 14.1. The molecular formula is C18H17N3O3S2. The molecule has 8 heteroatoms. The summed E-state index contributed by atoms with van der Waals surface area (Å²) in [6.45, 7) is 3.33. The van der Waals surface area contributed by atoms with Crippen LogP contribution >= 0.6 is 22.7 Å². The highest BCUT2D eigenvalue weighted by Gasteiger charge is 2.35. The molecular weight excluding hydrogens is 370 g/mol. The Morgan fingerprint density at radius 1 is 1.31 bits per heavy atom. The number of hydrogen-bond acceptors (Lipinski definition) is 7. The number of amides is 1. The first kappa shape index (κ1) is 17.0. The van der Waals surface area contributed by atoms with Gasteiger partial charge >= 0.3 is 5.97 Å². The molecule has 1 saturated heterocycles. The van der Waals surface area contributed by atoms with Crippen molar-refractivity contribution in [2.75, 3.05) is 29.9 Å². The van der Waals surface area contributed by atoms with Crippen LogP contribution in [0.4, 0.5) is 10.1 Å². The third kappa shape index (κ3) is 3.17. The minimum absolute atomic E-state index is 0.0737. The van der Waals surface area contributed by atoms with E-state index in [2.05, 4.69) is 15.2 Å². The molecule has 1 fully saturated rings. The highest BCUT2D eigenvalue weighted by molar-refractivity contribution is 7.22. The van der Waals surface area contributed by atoms with Gasteiger partial charge in [-0.25, -0.2) is 9.78 Å². The van der Waals surface area contributed by atoms with Gasteiger partial charge in [-0.05, 0) is 30.5 Å². The smallest absolute Gasteiger partial charge is 0.341 e. The van der Waals surface area contributed by atoms with Gasteiger partial charge in [-0.15, -0.1) is 11.3 Å². The SMILES string of the molecule is CCOC(=O)c1ccsc1NC(=O)C1CN(c2nc3ccccc3s2)C1. The average molecular weight is 387 g/mol. The lowest BCUT2D eigenvalue weighted by Crippen LogP contribution is -2.52. The Balaban J connectivity index is 1.38. The van der Waals surface area contributed by atoms with Crippen molar-refractivity contribution in [3.05, 3.63) is 41.3 Å². The predicted molar refractivity (Wildman–Crippen MR) is 104 cm³/mol. The van der Waals surface area contributed by atoms with Crippen molar-refractivity contribution in [2.45, 2.75) is 6.92 Å². The maximum absolute atomic E-state index is 12.5. The third-order valence-electron chi connectivity index (χ3n) is 4.20. The summed E-state index contributed by atoms with van der Waals surface area (Å²) in [6, 6.07) is 9.69. The standard InChI is InChI=1S/C18H17N3O3S2/c1-2-24-17(23)12-7-8-25-16(12)20-15(22)11-9-21(10-11)18-19-13-5-3-4-6-14(13)26-18/h3-8,11H,2,9-10H2,1H3,(H,20,22). The molecule has 0 saturated carbocycles. The van der Waals surface area contributed by atoms with Crippen LogP contribution in [0.1, 0.15) is 17.3 Å². The van der Waals surface area contributed by atoms with Gasteiger partial charge in [-0.1, -0.05) is 23.5 Å². The van der Waals surface area contributed by atoms with E-state index in [4.69, 9.17) is 4.74 Å². The fourth-order valence-corrected chi connectivity index (χ4v) is 4.55. The quantitative estimate of drug-likeness (QED) is 0.677. The Morgan fingerprint density at radius 2 is 2.12 bits per heavy atom. The number of anilines is 2. The number of fused-ring (bicyclic) bond motifs is 1. The fourth-order valence-electron chi connectivity index (χ4n) is 2.79. The minimum atomic E-state index is -0.409. The molecule has 0 radical (unpaired) electrons. The van der Waals surface area contributed by atoms with Crippen LogP contribution in [0.2, 0.25) is 0 Å². The van der Waals surface area contributed by atoms with Crippen LogP contribution in [0.3, 0.4) is 0 Å². The molecule has 0 bridgehead atoms. The Labute approximate surface area is 158 Å². The van der Waals surface area contributed by atoms with Crippen molar-refractivity contribution in [3.63, 3.8) is 0 Å². The topological polar surface area (TPSA) is 71.5 Å². The van der Waals surface area contributed by atoms with Gasteiger partial charge < -0.3 is 15.0 Å². The van der Waals surface area contributed by atoms with Crippen LogP contribution < -0.4 is 10.2 Å². The molecule has 4 rings (SSSR count). The van der Waals surface area contributed by atoms with Crippen molar-refractivity contribution in [1.82, 2.24) is 4.98 Å². The molecule has 1 amide bonds. The van der Waals surface area contributed by atoms with Crippen LogP contribution in [0.5, 0.6) is 0 Å². The molecule has 0 atom stereocenters. The van der Waals surface area contributed by atoms with Crippen LogP contribution in [0.25, 0.3) is 10.2 Å². The maximum Gasteiger partial charge on any atom is 0.341 e. The van der Waals surface area contributed by atoms with Crippen LogP contribution in [0, 0.1) is 5.92 Å². The number of thiophene rings is 1. The summed E-state index contributed by atoms with van der Waals surface area (Å²) < 4.78 is 6.16. The van der Waals surface area contributed by atoms with Crippen LogP contribution in [-0.4, -0.2) is 36.6 Å². The first-order chi connectivity index (χ1) is 12.7. The van der Waals surface area contributed by atoms with Gasteiger partial charge in [0.1, 0.15) is 5.00 Å². The number of carbonyl (C=O) groups is 2. The zero-order valence-corrected chi connectivity index (χ0v) is 15.7. The molecule has 6 nitrogen and oxygen atoms in total. The number of nitrogens with one attached hydrogen (secondary N) is 1. The number of ether oxygens (including phenoxy) is 1. The second kappa shape index (κ2) is 7.05. The number of aromatic nitrogens is 1. The van der Waals surface area contributed by atoms with E-state index in [1.165, 1.54) is 11.3 Å². The Bertz CT molecular complexity index is 926. The summed E-state index contributed by atoms with van der Waals surface area (Å²) in [7, 11) is 0. The Hall–Kier alpha value is -2.45. The summed E-state index contributed by atoms with van der Waals surface area (Å²) in [5.41, 5.74) is 1.39. The molecule has 1 aliphatic rings. The summed E-state index contributed by atoms with van der Waals surface area (Å²) >= 11 is 2.96. The van der Waals surface area contributed by atoms with E-state index in [0.717, 1.165) is 15.3 Å². The normalized spacial score (nSPS) is 14.3. The lowest BCUT2D eigenvalue weighted by Gasteiger charge is -2.37. The predicted octanol–water partition coefficient (Wildman–Crippen LogP) is 3.61. The van der Waals surface area contributed by atoms with Crippen molar-refractivity contribution in [2.24, 2.45) is 5.92 Å². The number of benzene rings is 1. The van der Waals surface area contributed by atoms with Gasteiger partial charge in [-0.3, -0.25) is 4.79 Å². The summed E-state index contributed by atoms with van der Waals surface area (Å²) in [4.78, 5) is 31.1. The second-order valence-corrected chi connectivity index (χ2v) is 7.86. The van der Waals surface area contributed by atoms with E-state index in [1.807, 2.05) is 24.3 Å². The zero-order chi connectivity index (χ0) is 18.1. The van der Waals surface area contributed by atoms with Gasteiger partial charge in [0.05, 0.1) is 28.3 Å². The third-order valence-corrected chi connectivity index (χ3v) is 6.13. The summed E-state index contributed by atoms with van der Waals surface area (Å²) in [5.74, 6) is -0.594. The van der Waals surface area contributed by atoms with E-state index in [-0.39, 0.29) is 11.8 Å². The highest BCUT2D eigenvalue weighted by Crippen LogP contribution is 2.33. The van der Waals surface area contributed by atoms with Gasteiger partial charge in [0.2, 0.25) is 5.91 Å². The number of nitrogens with zero attached hydrogens (tertiary/aromatic N) is 2. The van der Waals surface area contributed by atoms with Crippen LogP contribution in [0.15, 0.2) is 35.7 Å². The number of rotatable bonds is 5. The largest absolute Gasteiger partial charge is 0.462 e. The highest BCUT2D eigenvalue weighted by atomic mass is 32.1. The van der Waals surface area contributed by atoms with Gasteiger partial charge in [0.15, 0.2) is 5.13 Å². The molecule has 0 spiro atoms. The molecule has 0 aliphatic carbocycles. The summed E-state index contributed by atoms with van der Waals surface area (Å²) in [5, 5.41) is 6.13. The molecule has 2 aromatic heterocycles. The van der Waals surface area contributed by atoms with Crippen molar-refractivity contribution >= 4 is 54.9 Å². The van der Waals surface area contributed by atoms with E-state index in [0.29, 0.717) is 30.3 Å². The van der Waals surface area contributed by atoms with Crippen molar-refractivity contribution < 1.29 is 14.3 Å². The fraction of sp³-hybridized carbons (Fsp3) is 0.278. The minimum Gasteiger partial charge on any atom is -0.462 e. The summed E-state index contributed by atoms with van der Waals surface area (Å²) in [6.07, 6.45) is 0. The molecule has 1 N–H and O–H groups in total. The van der Waals surface area contributed by atoms with E-state index in [1.54, 1.807) is 29.7 Å². The van der Waals surface area contributed by atoms with Gasteiger partial charge in [0, 0.05) is 13.1 Å². The van der Waals surface area contributed by atoms with Crippen molar-refractivity contribution in [1.29, 1.82) is 0 Å². The Kier molecular flexibility index (Phi) is 4.60. The number of para-hydroxylation sites is 1. The lowest BCUT2D eigenvalue weighted by atomic mass is 10.0. The average Bonchev–Trinajstić information content (AvgIpc) is 3.20. The van der Waals surface area contributed by atoms with Gasteiger partial charge in [0.25, 0.3) is 0 Å². The Morgan fingerprint density at radius 3 is 2.88 bits per heavy atom.